The zero-order valence-electron chi connectivity index (χ0n) is 21.9. The van der Waals surface area contributed by atoms with Crippen molar-refractivity contribution >= 4 is 11.5 Å². The van der Waals surface area contributed by atoms with Crippen molar-refractivity contribution in [3.8, 4) is 0 Å². The van der Waals surface area contributed by atoms with E-state index < -0.39 is 29.0 Å². The van der Waals surface area contributed by atoms with E-state index in [0.717, 1.165) is 56.2 Å². The SMILES string of the molecule is CCCCCc1cc([C@]2(C)[C@@H](c3ccc(C(F)(F)F)cc3)C(=O)C(CCC)C(=N)C3CC[C@@H]32)ccc1F. The van der Waals surface area contributed by atoms with Crippen molar-refractivity contribution < 1.29 is 22.4 Å². The van der Waals surface area contributed by atoms with E-state index in [4.69, 9.17) is 5.41 Å². The number of hydrogen-bond donors (Lipinski definition) is 1. The van der Waals surface area contributed by atoms with Crippen molar-refractivity contribution in [1.82, 2.24) is 0 Å². The molecule has 0 heterocycles. The molecule has 0 aliphatic heterocycles. The predicted octanol–water partition coefficient (Wildman–Crippen LogP) is 8.66. The second kappa shape index (κ2) is 10.7. The summed E-state index contributed by atoms with van der Waals surface area (Å²) in [6, 6.07) is 10.1. The van der Waals surface area contributed by atoms with E-state index in [1.54, 1.807) is 6.07 Å². The number of halogens is 4. The first-order chi connectivity index (χ1) is 17.5. The maximum absolute atomic E-state index is 14.8. The van der Waals surface area contributed by atoms with Gasteiger partial charge >= 0.3 is 6.18 Å². The lowest BCUT2D eigenvalue weighted by Crippen LogP contribution is -2.48. The minimum atomic E-state index is -4.47. The van der Waals surface area contributed by atoms with E-state index in [1.807, 2.05) is 19.9 Å². The number of carbonyl (C=O) groups is 1. The molecule has 0 amide bonds. The number of unbranched alkanes of at least 4 members (excludes halogenated alkanes) is 2. The average Bonchev–Trinajstić information content (AvgIpc) is 2.86. The Kier molecular flexibility index (Phi) is 7.96. The maximum Gasteiger partial charge on any atom is 0.416 e. The third kappa shape index (κ3) is 5.00. The summed E-state index contributed by atoms with van der Waals surface area (Å²) in [6.45, 7) is 6.10. The molecule has 0 aromatic heterocycles. The van der Waals surface area contributed by atoms with Crippen molar-refractivity contribution in [2.45, 2.75) is 89.6 Å². The summed E-state index contributed by atoms with van der Waals surface area (Å²) < 4.78 is 54.8. The van der Waals surface area contributed by atoms with Crippen LogP contribution < -0.4 is 0 Å². The quantitative estimate of drug-likeness (QED) is 0.277. The van der Waals surface area contributed by atoms with Crippen LogP contribution in [0.5, 0.6) is 0 Å². The van der Waals surface area contributed by atoms with Gasteiger partial charge in [0, 0.05) is 17.0 Å². The average molecular weight is 516 g/mol. The Bertz CT molecular complexity index is 1140. The minimum Gasteiger partial charge on any atom is -0.309 e. The van der Waals surface area contributed by atoms with E-state index in [2.05, 4.69) is 6.92 Å². The molecule has 4 rings (SSSR count). The maximum atomic E-state index is 14.8. The van der Waals surface area contributed by atoms with Crippen molar-refractivity contribution in [1.29, 1.82) is 5.41 Å². The highest BCUT2D eigenvalue weighted by atomic mass is 19.4. The molecule has 37 heavy (non-hydrogen) atoms. The van der Waals surface area contributed by atoms with Gasteiger partial charge in [-0.3, -0.25) is 4.79 Å². The van der Waals surface area contributed by atoms with Crippen molar-refractivity contribution in [3.63, 3.8) is 0 Å². The fourth-order valence-corrected chi connectivity index (χ4v) is 6.72. The van der Waals surface area contributed by atoms with Gasteiger partial charge in [0.2, 0.25) is 0 Å². The molecule has 0 bridgehead atoms. The summed E-state index contributed by atoms with van der Waals surface area (Å²) in [5.74, 6) is -1.67. The molecule has 2 unspecified atom stereocenters. The van der Waals surface area contributed by atoms with Gasteiger partial charge in [0.25, 0.3) is 0 Å². The van der Waals surface area contributed by atoms with E-state index in [9.17, 15) is 22.4 Å². The molecular formula is C31H37F4NO. The second-order valence-electron chi connectivity index (χ2n) is 11.1. The summed E-state index contributed by atoms with van der Waals surface area (Å²) >= 11 is 0. The highest BCUT2D eigenvalue weighted by Crippen LogP contribution is 2.59. The van der Waals surface area contributed by atoms with Crippen LogP contribution in [0.3, 0.4) is 0 Å². The Morgan fingerprint density at radius 2 is 1.70 bits per heavy atom. The summed E-state index contributed by atoms with van der Waals surface area (Å²) in [6.07, 6.45) is 1.97. The third-order valence-electron chi connectivity index (χ3n) is 8.91. The molecule has 2 aromatic carbocycles. The largest absolute Gasteiger partial charge is 0.416 e. The topological polar surface area (TPSA) is 40.9 Å². The lowest BCUT2D eigenvalue weighted by Gasteiger charge is -2.50. The van der Waals surface area contributed by atoms with Gasteiger partial charge in [-0.1, -0.05) is 64.3 Å². The molecule has 6 heteroatoms. The Hall–Kier alpha value is -2.50. The van der Waals surface area contributed by atoms with E-state index in [1.165, 1.54) is 18.2 Å². The zero-order valence-corrected chi connectivity index (χ0v) is 21.9. The van der Waals surface area contributed by atoms with Crippen LogP contribution >= 0.6 is 0 Å². The van der Waals surface area contributed by atoms with Crippen LogP contribution in [0.15, 0.2) is 42.5 Å². The first-order valence-corrected chi connectivity index (χ1v) is 13.6. The number of aryl methyl sites for hydroxylation is 1. The standard InChI is InChI=1S/C31H37F4NO/c1-4-6-7-9-20-18-22(14-17-26(20)32)30(3)25-16-15-23(25)28(36)24(8-5-2)29(37)27(30)19-10-12-21(13-11-19)31(33,34)35/h10-14,17-18,23-25,27,36H,4-9,15-16H2,1-3H3/t23?,24?,25-,27-,30-/m0/s1. The zero-order chi connectivity index (χ0) is 27.0. The Morgan fingerprint density at radius 3 is 2.27 bits per heavy atom. The van der Waals surface area contributed by atoms with Gasteiger partial charge in [0.1, 0.15) is 11.6 Å². The highest BCUT2D eigenvalue weighted by molar-refractivity contribution is 6.09. The van der Waals surface area contributed by atoms with Gasteiger partial charge in [0.15, 0.2) is 0 Å². The molecule has 2 nitrogen and oxygen atoms in total. The number of benzene rings is 2. The van der Waals surface area contributed by atoms with Crippen LogP contribution in [-0.4, -0.2) is 11.5 Å². The Balaban J connectivity index is 1.88. The van der Waals surface area contributed by atoms with Crippen LogP contribution in [0.2, 0.25) is 0 Å². The first kappa shape index (κ1) is 27.5. The van der Waals surface area contributed by atoms with E-state index in [0.29, 0.717) is 29.7 Å². The van der Waals surface area contributed by atoms with Gasteiger partial charge in [-0.05, 0) is 72.9 Å². The van der Waals surface area contributed by atoms with E-state index in [-0.39, 0.29) is 23.4 Å². The normalized spacial score (nSPS) is 28.0. The number of hydrogen-bond acceptors (Lipinski definition) is 2. The van der Waals surface area contributed by atoms with Crippen LogP contribution in [-0.2, 0) is 22.8 Å². The minimum absolute atomic E-state index is 0.00736. The van der Waals surface area contributed by atoms with Crippen molar-refractivity contribution in [2.24, 2.45) is 17.8 Å². The lowest BCUT2D eigenvalue weighted by molar-refractivity contribution is -0.137. The van der Waals surface area contributed by atoms with Gasteiger partial charge in [-0.2, -0.15) is 13.2 Å². The molecule has 0 spiro atoms. The van der Waals surface area contributed by atoms with Crippen LogP contribution in [0.4, 0.5) is 17.6 Å². The van der Waals surface area contributed by atoms with Gasteiger partial charge < -0.3 is 5.41 Å². The number of nitrogens with one attached hydrogen (secondary N) is 1. The predicted molar refractivity (Wildman–Crippen MR) is 139 cm³/mol. The summed E-state index contributed by atoms with van der Waals surface area (Å²) in [5.41, 5.74) is 0.956. The molecule has 200 valence electrons. The number of ketones is 1. The van der Waals surface area contributed by atoms with Crippen LogP contribution in [0.25, 0.3) is 0 Å². The highest BCUT2D eigenvalue weighted by Gasteiger charge is 2.58. The molecule has 2 aliphatic rings. The molecule has 2 fully saturated rings. The van der Waals surface area contributed by atoms with Gasteiger partial charge in [-0.25, -0.2) is 4.39 Å². The molecule has 2 aromatic rings. The molecule has 5 atom stereocenters. The number of alkyl halides is 3. The summed E-state index contributed by atoms with van der Waals surface area (Å²) in [5, 5.41) is 8.97. The Morgan fingerprint density at radius 1 is 1.00 bits per heavy atom. The molecule has 2 aliphatic carbocycles. The fourth-order valence-electron chi connectivity index (χ4n) is 6.72. The third-order valence-corrected chi connectivity index (χ3v) is 8.91. The molecule has 0 saturated heterocycles. The number of fused-ring (bicyclic) bond motifs is 1. The summed E-state index contributed by atoms with van der Waals surface area (Å²) in [4.78, 5) is 14.3. The molecule has 0 radical (unpaired) electrons. The number of carbonyl (C=O) groups excluding carboxylic acids is 1. The monoisotopic (exact) mass is 515 g/mol. The molecular weight excluding hydrogens is 478 g/mol. The smallest absolute Gasteiger partial charge is 0.309 e. The summed E-state index contributed by atoms with van der Waals surface area (Å²) in [7, 11) is 0. The lowest BCUT2D eigenvalue weighted by atomic mass is 9.52. The van der Waals surface area contributed by atoms with Gasteiger partial charge in [0.05, 0.1) is 17.4 Å². The van der Waals surface area contributed by atoms with E-state index >= 15 is 0 Å². The number of Topliss-reactive ketones (excluding diaryl/α,β-unsaturated/α-hetero) is 1. The molecule has 1 N–H and O–H groups in total. The molecule has 2 saturated carbocycles. The van der Waals surface area contributed by atoms with Crippen molar-refractivity contribution in [2.75, 3.05) is 0 Å². The first-order valence-electron chi connectivity index (χ1n) is 13.6. The van der Waals surface area contributed by atoms with Gasteiger partial charge in [-0.15, -0.1) is 0 Å². The van der Waals surface area contributed by atoms with Crippen LogP contribution in [0.1, 0.15) is 93.9 Å². The number of rotatable bonds is 8. The van der Waals surface area contributed by atoms with Crippen molar-refractivity contribution in [3.05, 3.63) is 70.5 Å². The second-order valence-corrected chi connectivity index (χ2v) is 11.1. The van der Waals surface area contributed by atoms with Crippen LogP contribution in [0, 0.1) is 29.0 Å². The Labute approximate surface area is 217 Å². The fraction of sp³-hybridized carbons (Fsp3) is 0.548.